The predicted octanol–water partition coefficient (Wildman–Crippen LogP) is 5.59. The molecule has 1 saturated heterocycles. The highest BCUT2D eigenvalue weighted by molar-refractivity contribution is 5.98. The molecule has 0 spiro atoms. The first-order valence-corrected chi connectivity index (χ1v) is 13.0. The van der Waals surface area contributed by atoms with E-state index in [2.05, 4.69) is 68.6 Å². The Morgan fingerprint density at radius 1 is 0.737 bits per heavy atom. The molecule has 5 aromatic rings. The van der Waals surface area contributed by atoms with E-state index in [4.69, 9.17) is 18.9 Å². The number of benzene rings is 3. The number of ether oxygens (including phenoxy) is 4. The standard InChI is InChI=1S/C31H33N3O4/c1-35-24-11-8-22(9-12-24)25-21-34-27-7-5-4-6-26(27)33(15-14-32-16-18-38-19-17-32)31(34)30(25)23-10-13-28(36-2)29(20-23)37-3/h4-13,20-21H,14-19H2,1-3H3. The molecule has 0 aliphatic carbocycles. The molecule has 0 saturated carbocycles. The minimum Gasteiger partial charge on any atom is -0.497 e. The Kier molecular flexibility index (Phi) is 6.70. The first-order chi connectivity index (χ1) is 18.7. The van der Waals surface area contributed by atoms with Crippen LogP contribution in [-0.2, 0) is 11.3 Å². The van der Waals surface area contributed by atoms with Gasteiger partial charge in [-0.2, -0.15) is 0 Å². The van der Waals surface area contributed by atoms with Gasteiger partial charge in [0.15, 0.2) is 11.5 Å². The van der Waals surface area contributed by atoms with Crippen molar-refractivity contribution < 1.29 is 18.9 Å². The average Bonchev–Trinajstić information content (AvgIpc) is 3.51. The fraction of sp³-hybridized carbons (Fsp3) is 0.290. The monoisotopic (exact) mass is 511 g/mol. The third-order valence-electron chi connectivity index (χ3n) is 7.48. The zero-order valence-corrected chi connectivity index (χ0v) is 22.1. The van der Waals surface area contributed by atoms with Crippen LogP contribution in [0.3, 0.4) is 0 Å². The number of fused-ring (bicyclic) bond motifs is 3. The largest absolute Gasteiger partial charge is 0.497 e. The van der Waals surface area contributed by atoms with Crippen molar-refractivity contribution in [2.75, 3.05) is 54.2 Å². The molecular weight excluding hydrogens is 478 g/mol. The minimum atomic E-state index is 0.709. The maximum atomic E-state index is 5.71. The van der Waals surface area contributed by atoms with Crippen LogP contribution in [0.15, 0.2) is 72.9 Å². The van der Waals surface area contributed by atoms with E-state index in [9.17, 15) is 0 Å². The average molecular weight is 512 g/mol. The summed E-state index contributed by atoms with van der Waals surface area (Å²) in [7, 11) is 5.04. The second-order valence-corrected chi connectivity index (χ2v) is 9.50. The molecule has 3 aromatic carbocycles. The van der Waals surface area contributed by atoms with Crippen molar-refractivity contribution >= 4 is 16.7 Å². The molecule has 1 aliphatic rings. The highest BCUT2D eigenvalue weighted by Crippen LogP contribution is 2.43. The summed E-state index contributed by atoms with van der Waals surface area (Å²) in [6, 6.07) is 23.1. The summed E-state index contributed by atoms with van der Waals surface area (Å²) in [5, 5.41) is 0. The van der Waals surface area contributed by atoms with Crippen molar-refractivity contribution in [1.29, 1.82) is 0 Å². The summed E-state index contributed by atoms with van der Waals surface area (Å²) < 4.78 is 27.1. The lowest BCUT2D eigenvalue weighted by atomic mass is 9.98. The highest BCUT2D eigenvalue weighted by Gasteiger charge is 2.23. The van der Waals surface area contributed by atoms with E-state index in [1.54, 1.807) is 21.3 Å². The number of nitrogens with zero attached hydrogens (tertiary/aromatic N) is 3. The molecule has 2 aromatic heterocycles. The Hall–Kier alpha value is -3.94. The predicted molar refractivity (Wildman–Crippen MR) is 151 cm³/mol. The lowest BCUT2D eigenvalue weighted by molar-refractivity contribution is 0.0366. The molecule has 0 radical (unpaired) electrons. The Morgan fingerprint density at radius 2 is 1.45 bits per heavy atom. The third kappa shape index (κ3) is 4.27. The van der Waals surface area contributed by atoms with E-state index in [0.29, 0.717) is 11.5 Å². The Labute approximate surface area is 222 Å². The molecule has 0 bridgehead atoms. The van der Waals surface area contributed by atoms with Gasteiger partial charge < -0.3 is 23.5 Å². The van der Waals surface area contributed by atoms with Crippen LogP contribution in [0.4, 0.5) is 0 Å². The third-order valence-corrected chi connectivity index (χ3v) is 7.48. The zero-order valence-electron chi connectivity index (χ0n) is 22.1. The van der Waals surface area contributed by atoms with Gasteiger partial charge in [0.05, 0.1) is 45.6 Å². The zero-order chi connectivity index (χ0) is 26.1. The molecule has 7 heteroatoms. The van der Waals surface area contributed by atoms with E-state index >= 15 is 0 Å². The minimum absolute atomic E-state index is 0.709. The summed E-state index contributed by atoms with van der Waals surface area (Å²) in [5.41, 5.74) is 8.09. The van der Waals surface area contributed by atoms with Crippen molar-refractivity contribution in [3.63, 3.8) is 0 Å². The fourth-order valence-electron chi connectivity index (χ4n) is 5.51. The number of hydrogen-bond donors (Lipinski definition) is 0. The van der Waals surface area contributed by atoms with Crippen LogP contribution in [0.5, 0.6) is 17.2 Å². The SMILES string of the molecule is COc1ccc(-c2cn3c4ccccc4n(CCN4CCOCC4)c3c2-c2ccc(OC)c(OC)c2)cc1. The van der Waals surface area contributed by atoms with Crippen LogP contribution in [0, 0.1) is 0 Å². The van der Waals surface area contributed by atoms with Gasteiger partial charge in [0.1, 0.15) is 11.4 Å². The number of morpholine rings is 1. The maximum absolute atomic E-state index is 5.71. The fourth-order valence-corrected chi connectivity index (χ4v) is 5.51. The first-order valence-electron chi connectivity index (χ1n) is 13.0. The number of methoxy groups -OCH3 is 3. The first kappa shape index (κ1) is 24.4. The lowest BCUT2D eigenvalue weighted by Gasteiger charge is -2.26. The van der Waals surface area contributed by atoms with Gasteiger partial charge in [-0.15, -0.1) is 0 Å². The molecular formula is C31H33N3O4. The van der Waals surface area contributed by atoms with Crippen LogP contribution in [0.25, 0.3) is 38.9 Å². The smallest absolute Gasteiger partial charge is 0.161 e. The van der Waals surface area contributed by atoms with Crippen LogP contribution in [-0.4, -0.2) is 68.0 Å². The lowest BCUT2D eigenvalue weighted by Crippen LogP contribution is -2.38. The Balaban J connectivity index is 1.59. The molecule has 3 heterocycles. The molecule has 0 amide bonds. The molecule has 196 valence electrons. The second-order valence-electron chi connectivity index (χ2n) is 9.50. The molecule has 7 nitrogen and oxygen atoms in total. The Morgan fingerprint density at radius 3 is 2.16 bits per heavy atom. The van der Waals surface area contributed by atoms with E-state index in [1.807, 2.05) is 18.2 Å². The Bertz CT molecular complexity index is 1560. The topological polar surface area (TPSA) is 49.5 Å². The molecule has 6 rings (SSSR count). The van der Waals surface area contributed by atoms with E-state index < -0.39 is 0 Å². The van der Waals surface area contributed by atoms with Crippen molar-refractivity contribution in [2.45, 2.75) is 6.54 Å². The molecule has 1 aliphatic heterocycles. The number of imidazole rings is 1. The van der Waals surface area contributed by atoms with Gasteiger partial charge >= 0.3 is 0 Å². The van der Waals surface area contributed by atoms with Gasteiger partial charge in [-0.3, -0.25) is 9.30 Å². The van der Waals surface area contributed by atoms with E-state index in [0.717, 1.165) is 73.0 Å². The van der Waals surface area contributed by atoms with Gasteiger partial charge in [-0.05, 0) is 47.5 Å². The summed E-state index contributed by atoms with van der Waals surface area (Å²) in [4.78, 5) is 2.48. The van der Waals surface area contributed by atoms with Crippen LogP contribution >= 0.6 is 0 Å². The highest BCUT2D eigenvalue weighted by atomic mass is 16.5. The summed E-state index contributed by atoms with van der Waals surface area (Å²) in [5.74, 6) is 2.26. The van der Waals surface area contributed by atoms with E-state index in [1.165, 1.54) is 11.0 Å². The van der Waals surface area contributed by atoms with Crippen molar-refractivity contribution in [1.82, 2.24) is 13.9 Å². The second kappa shape index (κ2) is 10.4. The van der Waals surface area contributed by atoms with Crippen LogP contribution in [0.2, 0.25) is 0 Å². The van der Waals surface area contributed by atoms with Gasteiger partial charge in [-0.1, -0.05) is 30.3 Å². The van der Waals surface area contributed by atoms with Crippen LogP contribution < -0.4 is 14.2 Å². The molecule has 1 fully saturated rings. The molecule has 38 heavy (non-hydrogen) atoms. The van der Waals surface area contributed by atoms with E-state index in [-0.39, 0.29) is 0 Å². The van der Waals surface area contributed by atoms with Gasteiger partial charge in [0.2, 0.25) is 0 Å². The normalized spacial score (nSPS) is 14.3. The van der Waals surface area contributed by atoms with Crippen molar-refractivity contribution in [2.24, 2.45) is 0 Å². The quantitative estimate of drug-likeness (QED) is 0.272. The summed E-state index contributed by atoms with van der Waals surface area (Å²) in [6.07, 6.45) is 2.26. The molecule has 0 N–H and O–H groups in total. The molecule has 0 atom stereocenters. The summed E-state index contributed by atoms with van der Waals surface area (Å²) >= 11 is 0. The number of aromatic nitrogens is 2. The molecule has 0 unspecified atom stereocenters. The van der Waals surface area contributed by atoms with Crippen molar-refractivity contribution in [3.8, 4) is 39.5 Å². The van der Waals surface area contributed by atoms with Gasteiger partial charge in [0.25, 0.3) is 0 Å². The van der Waals surface area contributed by atoms with Gasteiger partial charge in [-0.25, -0.2) is 0 Å². The maximum Gasteiger partial charge on any atom is 0.161 e. The number of para-hydroxylation sites is 2. The number of rotatable bonds is 8. The number of hydrogen-bond acceptors (Lipinski definition) is 5. The van der Waals surface area contributed by atoms with Gasteiger partial charge in [0, 0.05) is 43.5 Å². The van der Waals surface area contributed by atoms with Crippen LogP contribution in [0.1, 0.15) is 0 Å². The van der Waals surface area contributed by atoms with Crippen molar-refractivity contribution in [3.05, 3.63) is 72.9 Å². The summed E-state index contributed by atoms with van der Waals surface area (Å²) in [6.45, 7) is 5.37.